The summed E-state index contributed by atoms with van der Waals surface area (Å²) in [4.78, 5) is 17.5. The van der Waals surface area contributed by atoms with Gasteiger partial charge in [0.2, 0.25) is 0 Å². The normalized spacial score (nSPS) is 19.1. The number of carboxylic acids is 1. The number of carboxylic acid groups (broad SMARTS) is 1. The number of rotatable bonds is 5. The van der Waals surface area contributed by atoms with Crippen LogP contribution in [0.4, 0.5) is 11.5 Å². The van der Waals surface area contributed by atoms with Crippen molar-refractivity contribution in [2.24, 2.45) is 0 Å². The van der Waals surface area contributed by atoms with Crippen molar-refractivity contribution in [2.45, 2.75) is 32.3 Å². The Labute approximate surface area is 118 Å². The smallest absolute Gasteiger partial charge is 0.339 e. The van der Waals surface area contributed by atoms with E-state index in [1.807, 2.05) is 4.90 Å². The molecule has 0 aromatic carbocycles. The maximum absolute atomic E-state index is 11.3. The molecule has 0 spiro atoms. The van der Waals surface area contributed by atoms with E-state index in [2.05, 4.69) is 11.9 Å². The third-order valence-electron chi connectivity index (χ3n) is 3.35. The standard InChI is InChI=1S/C14H21N3O3/c1-2-6-20-11-4-3-5-17(9-11)13-12(14(18)19)7-10(15)8-16-13/h7-8,11H,2-6,9,15H2,1H3,(H,18,19). The van der Waals surface area contributed by atoms with E-state index in [4.69, 9.17) is 10.5 Å². The van der Waals surface area contributed by atoms with Crippen molar-refractivity contribution in [3.05, 3.63) is 17.8 Å². The van der Waals surface area contributed by atoms with Gasteiger partial charge in [-0.2, -0.15) is 0 Å². The number of pyridine rings is 1. The lowest BCUT2D eigenvalue weighted by atomic mass is 10.1. The number of hydrogen-bond acceptors (Lipinski definition) is 5. The Balaban J connectivity index is 2.16. The predicted octanol–water partition coefficient (Wildman–Crippen LogP) is 1.76. The average molecular weight is 279 g/mol. The number of piperidine rings is 1. The number of anilines is 2. The fourth-order valence-corrected chi connectivity index (χ4v) is 2.43. The molecule has 6 nitrogen and oxygen atoms in total. The molecule has 6 heteroatoms. The second kappa shape index (κ2) is 6.56. The zero-order chi connectivity index (χ0) is 14.5. The predicted molar refractivity (Wildman–Crippen MR) is 77.1 cm³/mol. The summed E-state index contributed by atoms with van der Waals surface area (Å²) in [6.45, 7) is 4.28. The van der Waals surface area contributed by atoms with Crippen LogP contribution in [0.3, 0.4) is 0 Å². The molecule has 2 rings (SSSR count). The van der Waals surface area contributed by atoms with Crippen molar-refractivity contribution in [1.29, 1.82) is 0 Å². The molecule has 1 atom stereocenters. The molecule has 0 saturated carbocycles. The highest BCUT2D eigenvalue weighted by Gasteiger charge is 2.25. The molecular formula is C14H21N3O3. The maximum atomic E-state index is 11.3. The maximum Gasteiger partial charge on any atom is 0.339 e. The van der Waals surface area contributed by atoms with Gasteiger partial charge in [0.25, 0.3) is 0 Å². The molecule has 1 aromatic rings. The first-order valence-corrected chi connectivity index (χ1v) is 6.97. The van der Waals surface area contributed by atoms with E-state index in [0.29, 0.717) is 18.1 Å². The minimum atomic E-state index is -1.00. The second-order valence-corrected chi connectivity index (χ2v) is 5.03. The Hall–Kier alpha value is -1.82. The van der Waals surface area contributed by atoms with E-state index < -0.39 is 5.97 Å². The summed E-state index contributed by atoms with van der Waals surface area (Å²) >= 11 is 0. The van der Waals surface area contributed by atoms with Gasteiger partial charge in [-0.15, -0.1) is 0 Å². The van der Waals surface area contributed by atoms with E-state index in [1.165, 1.54) is 12.3 Å². The van der Waals surface area contributed by atoms with Gasteiger partial charge in [-0.3, -0.25) is 0 Å². The molecule has 1 aliphatic rings. The van der Waals surface area contributed by atoms with Crippen LogP contribution in [-0.2, 0) is 4.74 Å². The first kappa shape index (κ1) is 14.6. The fraction of sp³-hybridized carbons (Fsp3) is 0.571. The van der Waals surface area contributed by atoms with E-state index in [9.17, 15) is 9.90 Å². The second-order valence-electron chi connectivity index (χ2n) is 5.03. The molecule has 3 N–H and O–H groups in total. The molecule has 1 fully saturated rings. The number of carbonyl (C=O) groups is 1. The topological polar surface area (TPSA) is 88.7 Å². The van der Waals surface area contributed by atoms with Crippen molar-refractivity contribution in [1.82, 2.24) is 4.98 Å². The average Bonchev–Trinajstić information content (AvgIpc) is 2.45. The fourth-order valence-electron chi connectivity index (χ4n) is 2.43. The van der Waals surface area contributed by atoms with Crippen molar-refractivity contribution in [3.63, 3.8) is 0 Å². The third-order valence-corrected chi connectivity index (χ3v) is 3.35. The van der Waals surface area contributed by atoms with E-state index >= 15 is 0 Å². The molecular weight excluding hydrogens is 258 g/mol. The van der Waals surface area contributed by atoms with Crippen molar-refractivity contribution >= 4 is 17.5 Å². The molecule has 110 valence electrons. The molecule has 20 heavy (non-hydrogen) atoms. The number of hydrogen-bond donors (Lipinski definition) is 2. The van der Waals surface area contributed by atoms with Crippen LogP contribution in [0.2, 0.25) is 0 Å². The molecule has 0 radical (unpaired) electrons. The molecule has 0 bridgehead atoms. The number of nitrogens with two attached hydrogens (primary N) is 1. The zero-order valence-electron chi connectivity index (χ0n) is 11.7. The van der Waals surface area contributed by atoms with Gasteiger partial charge >= 0.3 is 5.97 Å². The lowest BCUT2D eigenvalue weighted by molar-refractivity contribution is 0.0437. The quantitative estimate of drug-likeness (QED) is 0.853. The molecule has 1 aromatic heterocycles. The third kappa shape index (κ3) is 3.39. The molecule has 0 aliphatic carbocycles. The van der Waals surface area contributed by atoms with E-state index in [-0.39, 0.29) is 11.7 Å². The zero-order valence-corrected chi connectivity index (χ0v) is 11.7. The lowest BCUT2D eigenvalue weighted by Crippen LogP contribution is -2.41. The monoisotopic (exact) mass is 279 g/mol. The van der Waals surface area contributed by atoms with Gasteiger partial charge in [-0.1, -0.05) is 6.92 Å². The van der Waals surface area contributed by atoms with Gasteiger partial charge < -0.3 is 20.5 Å². The van der Waals surface area contributed by atoms with Crippen LogP contribution in [0.1, 0.15) is 36.5 Å². The Morgan fingerprint density at radius 2 is 2.45 bits per heavy atom. The van der Waals surface area contributed by atoms with Crippen LogP contribution in [0.15, 0.2) is 12.3 Å². The molecule has 0 amide bonds. The Morgan fingerprint density at radius 3 is 3.15 bits per heavy atom. The van der Waals surface area contributed by atoms with Crippen LogP contribution < -0.4 is 10.6 Å². The highest BCUT2D eigenvalue weighted by Crippen LogP contribution is 2.24. The van der Waals surface area contributed by atoms with Crippen molar-refractivity contribution < 1.29 is 14.6 Å². The van der Waals surface area contributed by atoms with Gasteiger partial charge in [0.1, 0.15) is 11.4 Å². The summed E-state index contributed by atoms with van der Waals surface area (Å²) < 4.78 is 5.77. The molecule has 1 saturated heterocycles. The van der Waals surface area contributed by atoms with Crippen LogP contribution in [0.5, 0.6) is 0 Å². The SMILES string of the molecule is CCCOC1CCCN(c2ncc(N)cc2C(=O)O)C1. The number of aromatic nitrogens is 1. The van der Waals surface area contributed by atoms with Gasteiger partial charge in [0.05, 0.1) is 18.0 Å². The minimum Gasteiger partial charge on any atom is -0.478 e. The Bertz CT molecular complexity index is 479. The summed E-state index contributed by atoms with van der Waals surface area (Å²) in [7, 11) is 0. The van der Waals surface area contributed by atoms with Crippen molar-refractivity contribution in [3.8, 4) is 0 Å². The highest BCUT2D eigenvalue weighted by molar-refractivity contribution is 5.94. The van der Waals surface area contributed by atoms with Gasteiger partial charge in [0, 0.05) is 19.7 Å². The van der Waals surface area contributed by atoms with Gasteiger partial charge in [-0.25, -0.2) is 9.78 Å². The largest absolute Gasteiger partial charge is 0.478 e. The number of ether oxygens (including phenoxy) is 1. The Kier molecular flexibility index (Phi) is 4.79. The van der Waals surface area contributed by atoms with E-state index in [1.54, 1.807) is 0 Å². The van der Waals surface area contributed by atoms with Gasteiger partial charge in [0.15, 0.2) is 0 Å². The number of nitrogen functional groups attached to an aromatic ring is 1. The highest BCUT2D eigenvalue weighted by atomic mass is 16.5. The molecule has 1 unspecified atom stereocenters. The van der Waals surface area contributed by atoms with E-state index in [0.717, 1.165) is 32.4 Å². The van der Waals surface area contributed by atoms with Crippen LogP contribution in [0, 0.1) is 0 Å². The van der Waals surface area contributed by atoms with Crippen molar-refractivity contribution in [2.75, 3.05) is 30.3 Å². The first-order chi connectivity index (χ1) is 9.61. The van der Waals surface area contributed by atoms with Crippen LogP contribution >= 0.6 is 0 Å². The first-order valence-electron chi connectivity index (χ1n) is 6.97. The number of nitrogens with zero attached hydrogens (tertiary/aromatic N) is 2. The molecule has 2 heterocycles. The lowest BCUT2D eigenvalue weighted by Gasteiger charge is -2.34. The minimum absolute atomic E-state index is 0.143. The summed E-state index contributed by atoms with van der Waals surface area (Å²) in [5.74, 6) is -0.520. The van der Waals surface area contributed by atoms with Crippen LogP contribution in [0.25, 0.3) is 0 Å². The van der Waals surface area contributed by atoms with Crippen LogP contribution in [-0.4, -0.2) is 41.9 Å². The summed E-state index contributed by atoms with van der Waals surface area (Å²) in [5, 5.41) is 9.27. The Morgan fingerprint density at radius 1 is 1.65 bits per heavy atom. The van der Waals surface area contributed by atoms with Gasteiger partial charge in [-0.05, 0) is 25.3 Å². The summed E-state index contributed by atoms with van der Waals surface area (Å²) in [6, 6.07) is 1.46. The molecule has 1 aliphatic heterocycles. The number of aromatic carboxylic acids is 1. The summed E-state index contributed by atoms with van der Waals surface area (Å²) in [6.07, 6.45) is 4.60. The summed E-state index contributed by atoms with van der Waals surface area (Å²) in [5.41, 5.74) is 6.14.